The number of carbonyl (C=O) groups is 1. The molecule has 0 spiro atoms. The predicted molar refractivity (Wildman–Crippen MR) is 77.9 cm³/mol. The Hall–Kier alpha value is -0.853. The van der Waals surface area contributed by atoms with Crippen LogP contribution in [0.15, 0.2) is 12.7 Å². The summed E-state index contributed by atoms with van der Waals surface area (Å²) < 4.78 is 0. The SMILES string of the molecule is C=CCC[C@@]1(C#C[Si](C)(C)C)C(=O)CCC[C@H]1O. The molecular formula is C15H24O2Si. The zero-order valence-corrected chi connectivity index (χ0v) is 12.8. The van der Waals surface area contributed by atoms with E-state index in [9.17, 15) is 9.90 Å². The second-order valence-electron chi connectivity index (χ2n) is 6.13. The van der Waals surface area contributed by atoms with E-state index >= 15 is 0 Å². The molecule has 1 N–H and O–H groups in total. The minimum Gasteiger partial charge on any atom is -0.391 e. The Morgan fingerprint density at radius 2 is 2.22 bits per heavy atom. The van der Waals surface area contributed by atoms with Crippen LogP contribution in [-0.4, -0.2) is 25.1 Å². The van der Waals surface area contributed by atoms with Crippen molar-refractivity contribution in [3.8, 4) is 11.5 Å². The molecule has 0 aromatic heterocycles. The molecule has 1 saturated carbocycles. The number of ketones is 1. The zero-order chi connectivity index (χ0) is 13.8. The van der Waals surface area contributed by atoms with E-state index in [-0.39, 0.29) is 5.78 Å². The molecule has 0 saturated heterocycles. The molecule has 3 heteroatoms. The van der Waals surface area contributed by atoms with Gasteiger partial charge in [-0.1, -0.05) is 31.6 Å². The first-order valence-electron chi connectivity index (χ1n) is 6.68. The lowest BCUT2D eigenvalue weighted by atomic mass is 9.68. The number of carbonyl (C=O) groups excluding carboxylic acids is 1. The fraction of sp³-hybridized carbons (Fsp3) is 0.667. The van der Waals surface area contributed by atoms with Gasteiger partial charge in [-0.05, 0) is 25.7 Å². The minimum absolute atomic E-state index is 0.119. The van der Waals surface area contributed by atoms with Gasteiger partial charge >= 0.3 is 0 Å². The fourth-order valence-corrected chi connectivity index (χ4v) is 2.86. The maximum absolute atomic E-state index is 12.3. The second kappa shape index (κ2) is 5.86. The maximum Gasteiger partial charge on any atom is 0.153 e. The van der Waals surface area contributed by atoms with Gasteiger partial charge in [-0.25, -0.2) is 0 Å². The summed E-state index contributed by atoms with van der Waals surface area (Å²) in [7, 11) is -1.54. The monoisotopic (exact) mass is 264 g/mol. The van der Waals surface area contributed by atoms with E-state index in [0.717, 1.165) is 12.8 Å². The van der Waals surface area contributed by atoms with E-state index < -0.39 is 19.6 Å². The summed E-state index contributed by atoms with van der Waals surface area (Å²) in [5, 5.41) is 10.3. The van der Waals surface area contributed by atoms with Crippen LogP contribution in [-0.2, 0) is 4.79 Å². The summed E-state index contributed by atoms with van der Waals surface area (Å²) in [5.74, 6) is 3.29. The Morgan fingerprint density at radius 3 is 2.72 bits per heavy atom. The number of aliphatic hydroxyl groups excluding tert-OH is 1. The lowest BCUT2D eigenvalue weighted by molar-refractivity contribution is -0.135. The molecule has 1 rings (SSSR count). The predicted octanol–water partition coefficient (Wildman–Crippen LogP) is 2.93. The normalized spacial score (nSPS) is 28.4. The summed E-state index contributed by atoms with van der Waals surface area (Å²) in [6.07, 6.45) is 4.54. The minimum atomic E-state index is -1.54. The molecule has 18 heavy (non-hydrogen) atoms. The van der Waals surface area contributed by atoms with Gasteiger partial charge in [-0.15, -0.1) is 12.1 Å². The van der Waals surface area contributed by atoms with Crippen LogP contribution in [0.4, 0.5) is 0 Å². The number of rotatable bonds is 3. The highest BCUT2D eigenvalue weighted by Gasteiger charge is 2.44. The largest absolute Gasteiger partial charge is 0.391 e. The van der Waals surface area contributed by atoms with Gasteiger partial charge in [0.1, 0.15) is 13.5 Å². The quantitative estimate of drug-likeness (QED) is 0.483. The van der Waals surface area contributed by atoms with Crippen LogP contribution >= 0.6 is 0 Å². The molecule has 0 unspecified atom stereocenters. The molecule has 0 amide bonds. The summed E-state index contributed by atoms with van der Waals surface area (Å²) in [5.41, 5.74) is 2.45. The number of hydrogen-bond acceptors (Lipinski definition) is 2. The summed E-state index contributed by atoms with van der Waals surface area (Å²) in [4.78, 5) is 12.3. The standard InChI is InChI=1S/C15H24O2Si/c1-5-6-10-15(11-12-18(2,3)4)13(16)8-7-9-14(15)17/h5,13,16H,1,6-10H2,2-4H3/t13-,15+/m1/s1. The van der Waals surface area contributed by atoms with Gasteiger partial charge in [0.2, 0.25) is 0 Å². The van der Waals surface area contributed by atoms with Gasteiger partial charge < -0.3 is 5.11 Å². The number of allylic oxidation sites excluding steroid dienone is 1. The molecule has 0 aromatic rings. The van der Waals surface area contributed by atoms with Crippen LogP contribution in [0.5, 0.6) is 0 Å². The molecule has 0 aromatic carbocycles. The first-order chi connectivity index (χ1) is 8.32. The Labute approximate surface area is 111 Å². The van der Waals surface area contributed by atoms with Gasteiger partial charge in [-0.2, -0.15) is 0 Å². The first kappa shape index (κ1) is 15.2. The van der Waals surface area contributed by atoms with Gasteiger partial charge in [-0.3, -0.25) is 4.79 Å². The van der Waals surface area contributed by atoms with E-state index in [0.29, 0.717) is 19.3 Å². The topological polar surface area (TPSA) is 37.3 Å². The van der Waals surface area contributed by atoms with Crippen molar-refractivity contribution < 1.29 is 9.90 Å². The van der Waals surface area contributed by atoms with E-state index in [1.165, 1.54) is 0 Å². The summed E-state index contributed by atoms with van der Waals surface area (Å²) >= 11 is 0. The lowest BCUT2D eigenvalue weighted by Crippen LogP contribution is -2.45. The molecule has 1 aliphatic rings. The second-order valence-corrected chi connectivity index (χ2v) is 10.9. The molecule has 2 nitrogen and oxygen atoms in total. The average molecular weight is 264 g/mol. The van der Waals surface area contributed by atoms with Gasteiger partial charge in [0.25, 0.3) is 0 Å². The maximum atomic E-state index is 12.3. The number of hydrogen-bond donors (Lipinski definition) is 1. The van der Waals surface area contributed by atoms with Crippen LogP contribution in [0.2, 0.25) is 19.6 Å². The number of Topliss-reactive ketones (excluding diaryl/α,β-unsaturated/α-hetero) is 1. The first-order valence-corrected chi connectivity index (χ1v) is 10.2. The third-order valence-corrected chi connectivity index (χ3v) is 4.23. The van der Waals surface area contributed by atoms with Crippen molar-refractivity contribution in [1.82, 2.24) is 0 Å². The zero-order valence-electron chi connectivity index (χ0n) is 11.8. The molecule has 1 fully saturated rings. The van der Waals surface area contributed by atoms with Crippen LogP contribution < -0.4 is 0 Å². The molecule has 0 radical (unpaired) electrons. The highest BCUT2D eigenvalue weighted by molar-refractivity contribution is 6.83. The van der Waals surface area contributed by atoms with Gasteiger partial charge in [0, 0.05) is 6.42 Å². The fourth-order valence-electron chi connectivity index (χ4n) is 2.26. The van der Waals surface area contributed by atoms with Crippen molar-refractivity contribution >= 4 is 13.9 Å². The third kappa shape index (κ3) is 3.57. The molecule has 100 valence electrons. The lowest BCUT2D eigenvalue weighted by Gasteiger charge is -2.36. The van der Waals surface area contributed by atoms with E-state index in [1.54, 1.807) is 6.08 Å². The van der Waals surface area contributed by atoms with E-state index in [4.69, 9.17) is 0 Å². The number of aliphatic hydroxyl groups is 1. The van der Waals surface area contributed by atoms with Crippen molar-refractivity contribution in [3.05, 3.63) is 12.7 Å². The van der Waals surface area contributed by atoms with E-state index in [1.807, 2.05) is 0 Å². The summed E-state index contributed by atoms with van der Waals surface area (Å²) in [6.45, 7) is 10.2. The van der Waals surface area contributed by atoms with Crippen LogP contribution in [0.1, 0.15) is 32.1 Å². The Kier molecular flexibility index (Phi) is 4.95. The molecule has 0 bridgehead atoms. The van der Waals surface area contributed by atoms with Crippen molar-refractivity contribution in [2.45, 2.75) is 57.8 Å². The smallest absolute Gasteiger partial charge is 0.153 e. The van der Waals surface area contributed by atoms with Crippen LogP contribution in [0.3, 0.4) is 0 Å². The molecule has 2 atom stereocenters. The Bertz CT molecular complexity index is 384. The Balaban J connectivity index is 3.09. The van der Waals surface area contributed by atoms with Gasteiger partial charge in [0.15, 0.2) is 5.78 Å². The Morgan fingerprint density at radius 1 is 1.56 bits per heavy atom. The van der Waals surface area contributed by atoms with Crippen LogP contribution in [0.25, 0.3) is 0 Å². The van der Waals surface area contributed by atoms with Gasteiger partial charge in [0.05, 0.1) is 6.10 Å². The molecule has 0 aliphatic heterocycles. The van der Waals surface area contributed by atoms with Crippen LogP contribution in [0, 0.1) is 16.9 Å². The molecule has 0 heterocycles. The molecular weight excluding hydrogens is 240 g/mol. The highest BCUT2D eigenvalue weighted by atomic mass is 28.3. The van der Waals surface area contributed by atoms with Crippen molar-refractivity contribution in [2.75, 3.05) is 0 Å². The van der Waals surface area contributed by atoms with Crippen molar-refractivity contribution in [3.63, 3.8) is 0 Å². The third-order valence-electron chi connectivity index (χ3n) is 3.35. The average Bonchev–Trinajstić information content (AvgIpc) is 2.27. The highest BCUT2D eigenvalue weighted by Crippen LogP contribution is 2.37. The van der Waals surface area contributed by atoms with Crippen molar-refractivity contribution in [2.24, 2.45) is 5.41 Å². The molecule has 1 aliphatic carbocycles. The summed E-state index contributed by atoms with van der Waals surface area (Å²) in [6, 6.07) is 0. The van der Waals surface area contributed by atoms with E-state index in [2.05, 4.69) is 37.7 Å². The van der Waals surface area contributed by atoms with Crippen molar-refractivity contribution in [1.29, 1.82) is 0 Å².